The number of halogens is 1. The lowest BCUT2D eigenvalue weighted by Crippen LogP contribution is -2.31. The van der Waals surface area contributed by atoms with E-state index in [0.717, 1.165) is 12.1 Å². The molecule has 0 radical (unpaired) electrons. The van der Waals surface area contributed by atoms with Crippen LogP contribution in [0.4, 0.5) is 5.69 Å². The molecule has 1 amide bonds. The smallest absolute Gasteiger partial charge is 0.254 e. The number of amides is 1. The summed E-state index contributed by atoms with van der Waals surface area (Å²) in [6.07, 6.45) is 3.94. The van der Waals surface area contributed by atoms with Crippen LogP contribution in [-0.2, 0) is 0 Å². The molecule has 2 heterocycles. The van der Waals surface area contributed by atoms with E-state index in [0.29, 0.717) is 29.4 Å². The Hall–Kier alpha value is -2.27. The third kappa shape index (κ3) is 3.62. The Morgan fingerprint density at radius 1 is 1.38 bits per heavy atom. The number of pyridine rings is 1. The highest BCUT2D eigenvalue weighted by Crippen LogP contribution is 2.26. The average molecular weight is 346 g/mol. The molecule has 1 aromatic heterocycles. The summed E-state index contributed by atoms with van der Waals surface area (Å²) in [5, 5.41) is 0.487. The van der Waals surface area contributed by atoms with Gasteiger partial charge in [-0.1, -0.05) is 17.7 Å². The van der Waals surface area contributed by atoms with Gasteiger partial charge in [0.25, 0.3) is 5.91 Å². The molecular weight excluding hydrogens is 326 g/mol. The number of hydrogen-bond acceptors (Lipinski definition) is 4. The lowest BCUT2D eigenvalue weighted by Gasteiger charge is -2.19. The van der Waals surface area contributed by atoms with Crippen LogP contribution < -0.4 is 9.64 Å². The maximum atomic E-state index is 12.7. The Labute approximate surface area is 146 Å². The second-order valence-corrected chi connectivity index (χ2v) is 6.44. The van der Waals surface area contributed by atoms with Gasteiger partial charge in [-0.05, 0) is 18.2 Å². The third-order valence-electron chi connectivity index (χ3n) is 4.07. The molecule has 24 heavy (non-hydrogen) atoms. The van der Waals surface area contributed by atoms with Gasteiger partial charge in [0, 0.05) is 56.8 Å². The van der Waals surface area contributed by atoms with Crippen molar-refractivity contribution in [1.82, 2.24) is 9.88 Å². The van der Waals surface area contributed by atoms with Crippen LogP contribution in [0.5, 0.6) is 5.75 Å². The summed E-state index contributed by atoms with van der Waals surface area (Å²) in [6, 6.07) is 9.40. The average Bonchev–Trinajstić information content (AvgIpc) is 3.05. The van der Waals surface area contributed by atoms with Gasteiger partial charge < -0.3 is 14.5 Å². The molecule has 6 heteroatoms. The molecule has 1 aromatic carbocycles. The molecular formula is C18H20ClN3O2. The molecule has 0 N–H and O–H groups in total. The van der Waals surface area contributed by atoms with Crippen molar-refractivity contribution in [3.63, 3.8) is 0 Å². The summed E-state index contributed by atoms with van der Waals surface area (Å²) in [5.41, 5.74) is 1.71. The summed E-state index contributed by atoms with van der Waals surface area (Å²) in [4.78, 5) is 20.5. The van der Waals surface area contributed by atoms with Crippen molar-refractivity contribution in [1.29, 1.82) is 0 Å². The minimum atomic E-state index is -0.0501. The van der Waals surface area contributed by atoms with E-state index in [4.69, 9.17) is 16.3 Å². The highest BCUT2D eigenvalue weighted by Gasteiger charge is 2.28. The summed E-state index contributed by atoms with van der Waals surface area (Å²) >= 11 is 6.07. The number of likely N-dealkylation sites (tertiary alicyclic amines) is 1. The van der Waals surface area contributed by atoms with Gasteiger partial charge in [-0.2, -0.15) is 0 Å². The van der Waals surface area contributed by atoms with E-state index in [-0.39, 0.29) is 12.0 Å². The van der Waals surface area contributed by atoms with E-state index in [1.54, 1.807) is 18.5 Å². The van der Waals surface area contributed by atoms with Gasteiger partial charge in [0.05, 0.1) is 6.54 Å². The molecule has 2 aromatic rings. The van der Waals surface area contributed by atoms with Crippen LogP contribution in [0.25, 0.3) is 0 Å². The zero-order valence-corrected chi connectivity index (χ0v) is 14.5. The summed E-state index contributed by atoms with van der Waals surface area (Å²) in [7, 11) is 3.92. The fourth-order valence-corrected chi connectivity index (χ4v) is 2.91. The normalized spacial score (nSPS) is 17.0. The molecule has 1 aliphatic rings. The number of rotatable bonds is 4. The van der Waals surface area contributed by atoms with Crippen molar-refractivity contribution < 1.29 is 9.53 Å². The number of anilines is 1. The van der Waals surface area contributed by atoms with Crippen LogP contribution >= 0.6 is 11.6 Å². The van der Waals surface area contributed by atoms with Gasteiger partial charge in [-0.25, -0.2) is 0 Å². The van der Waals surface area contributed by atoms with Gasteiger partial charge in [-0.3, -0.25) is 9.78 Å². The number of hydrogen-bond donors (Lipinski definition) is 0. The van der Waals surface area contributed by atoms with Crippen LogP contribution in [0.2, 0.25) is 5.02 Å². The fourth-order valence-electron chi connectivity index (χ4n) is 2.75. The molecule has 126 valence electrons. The summed E-state index contributed by atoms with van der Waals surface area (Å²) in [5.74, 6) is 0.645. The van der Waals surface area contributed by atoms with E-state index in [9.17, 15) is 4.79 Å². The molecule has 0 spiro atoms. The zero-order valence-electron chi connectivity index (χ0n) is 13.8. The van der Waals surface area contributed by atoms with Gasteiger partial charge in [0.15, 0.2) is 0 Å². The highest BCUT2D eigenvalue weighted by molar-refractivity contribution is 6.31. The van der Waals surface area contributed by atoms with Gasteiger partial charge >= 0.3 is 0 Å². The van der Waals surface area contributed by atoms with Crippen molar-refractivity contribution in [2.24, 2.45) is 0 Å². The first-order valence-corrected chi connectivity index (χ1v) is 8.25. The standard InChI is InChI=1S/C18H20ClN3O2/c1-21(2)14-5-3-4-13(10-14)18(23)22-9-7-15(12-22)24-17-6-8-20-11-16(17)19/h3-6,8,10-11,15H,7,9,12H2,1-2H3. The van der Waals surface area contributed by atoms with E-state index in [1.807, 2.05) is 48.2 Å². The number of ether oxygens (including phenoxy) is 1. The Balaban J connectivity index is 1.66. The first-order chi connectivity index (χ1) is 11.5. The predicted molar refractivity (Wildman–Crippen MR) is 95.0 cm³/mol. The minimum Gasteiger partial charge on any atom is -0.487 e. The molecule has 1 saturated heterocycles. The highest BCUT2D eigenvalue weighted by atomic mass is 35.5. The maximum Gasteiger partial charge on any atom is 0.254 e. The molecule has 1 fully saturated rings. The molecule has 0 aliphatic carbocycles. The second-order valence-electron chi connectivity index (χ2n) is 6.03. The van der Waals surface area contributed by atoms with Crippen LogP contribution in [0.1, 0.15) is 16.8 Å². The zero-order chi connectivity index (χ0) is 17.1. The van der Waals surface area contributed by atoms with Crippen LogP contribution in [-0.4, -0.2) is 49.1 Å². The molecule has 1 unspecified atom stereocenters. The lowest BCUT2D eigenvalue weighted by atomic mass is 10.1. The largest absolute Gasteiger partial charge is 0.487 e. The number of aromatic nitrogens is 1. The van der Waals surface area contributed by atoms with Crippen molar-refractivity contribution in [2.45, 2.75) is 12.5 Å². The van der Waals surface area contributed by atoms with Crippen molar-refractivity contribution in [3.8, 4) is 5.75 Å². The molecule has 1 atom stereocenters. The van der Waals surface area contributed by atoms with E-state index in [2.05, 4.69) is 4.98 Å². The first-order valence-electron chi connectivity index (χ1n) is 7.87. The van der Waals surface area contributed by atoms with Gasteiger partial charge in [0.1, 0.15) is 16.9 Å². The molecule has 5 nitrogen and oxygen atoms in total. The number of carbonyl (C=O) groups excluding carboxylic acids is 1. The number of nitrogens with zero attached hydrogens (tertiary/aromatic N) is 3. The Bertz CT molecular complexity index is 736. The van der Waals surface area contributed by atoms with Gasteiger partial charge in [-0.15, -0.1) is 0 Å². The maximum absolute atomic E-state index is 12.7. The topological polar surface area (TPSA) is 45.7 Å². The fraction of sp³-hybridized carbons (Fsp3) is 0.333. The van der Waals surface area contributed by atoms with Crippen LogP contribution in [0, 0.1) is 0 Å². The third-order valence-corrected chi connectivity index (χ3v) is 4.35. The van der Waals surface area contributed by atoms with Gasteiger partial charge in [0.2, 0.25) is 0 Å². The second kappa shape index (κ2) is 7.09. The minimum absolute atomic E-state index is 0.0330. The lowest BCUT2D eigenvalue weighted by molar-refractivity contribution is 0.0772. The molecule has 0 bridgehead atoms. The SMILES string of the molecule is CN(C)c1cccc(C(=O)N2CCC(Oc3ccncc3Cl)C2)c1. The molecule has 3 rings (SSSR count). The van der Waals surface area contributed by atoms with E-state index >= 15 is 0 Å². The predicted octanol–water partition coefficient (Wildman–Crippen LogP) is 3.09. The molecule has 0 saturated carbocycles. The van der Waals surface area contributed by atoms with Crippen molar-refractivity contribution >= 4 is 23.2 Å². The Morgan fingerprint density at radius 3 is 2.96 bits per heavy atom. The Kier molecular flexibility index (Phi) is 4.90. The van der Waals surface area contributed by atoms with Crippen LogP contribution in [0.15, 0.2) is 42.7 Å². The van der Waals surface area contributed by atoms with Crippen LogP contribution in [0.3, 0.4) is 0 Å². The summed E-state index contributed by atoms with van der Waals surface area (Å²) < 4.78 is 5.91. The number of benzene rings is 1. The van der Waals surface area contributed by atoms with Crippen molar-refractivity contribution in [3.05, 3.63) is 53.3 Å². The summed E-state index contributed by atoms with van der Waals surface area (Å²) in [6.45, 7) is 1.24. The van der Waals surface area contributed by atoms with E-state index < -0.39 is 0 Å². The van der Waals surface area contributed by atoms with Crippen molar-refractivity contribution in [2.75, 3.05) is 32.1 Å². The monoisotopic (exact) mass is 345 g/mol. The molecule has 1 aliphatic heterocycles. The number of carbonyl (C=O) groups is 1. The van der Waals surface area contributed by atoms with E-state index in [1.165, 1.54) is 0 Å². The Morgan fingerprint density at radius 2 is 2.21 bits per heavy atom. The first kappa shape index (κ1) is 16.6. The quantitative estimate of drug-likeness (QED) is 0.854.